The maximum Gasteiger partial charge on any atom is 0.288 e. The van der Waals surface area contributed by atoms with E-state index in [1.165, 1.54) is 0 Å². The number of nitrogens with zero attached hydrogens (tertiary/aromatic N) is 2. The van der Waals surface area contributed by atoms with Crippen molar-refractivity contribution in [2.45, 2.75) is 19.9 Å². The second kappa shape index (κ2) is 6.76. The summed E-state index contributed by atoms with van der Waals surface area (Å²) in [5, 5.41) is 8.34. The summed E-state index contributed by atoms with van der Waals surface area (Å²) in [5.74, 6) is 0.112. The Morgan fingerprint density at radius 3 is 2.52 bits per heavy atom. The van der Waals surface area contributed by atoms with Crippen molar-refractivity contribution in [3.63, 3.8) is 0 Å². The highest BCUT2D eigenvalue weighted by Crippen LogP contribution is 2.29. The molecule has 1 atom stereocenters. The van der Waals surface area contributed by atoms with Crippen LogP contribution in [0.3, 0.4) is 0 Å². The Morgan fingerprint density at radius 1 is 1.07 bits per heavy atom. The van der Waals surface area contributed by atoms with Crippen LogP contribution in [0.5, 0.6) is 0 Å². The molecule has 4 rings (SSSR count). The number of carbonyl (C=O) groups is 1. The summed E-state index contributed by atoms with van der Waals surface area (Å²) in [5.41, 5.74) is 4.51. The first-order chi connectivity index (χ1) is 13.1. The first-order valence-corrected chi connectivity index (χ1v) is 8.88. The molecule has 136 valence electrons. The van der Waals surface area contributed by atoms with Crippen LogP contribution in [-0.2, 0) is 7.05 Å². The summed E-state index contributed by atoms with van der Waals surface area (Å²) in [6.07, 6.45) is 1.73. The number of hydrogen-bond acceptors (Lipinski definition) is 3. The van der Waals surface area contributed by atoms with Gasteiger partial charge in [-0.15, -0.1) is 0 Å². The Morgan fingerprint density at radius 2 is 1.85 bits per heavy atom. The Hall–Kier alpha value is -3.34. The monoisotopic (exact) mass is 359 g/mol. The van der Waals surface area contributed by atoms with Crippen molar-refractivity contribution in [1.29, 1.82) is 0 Å². The molecule has 1 amide bonds. The number of nitrogens with one attached hydrogen (secondary N) is 1. The molecule has 0 radical (unpaired) electrons. The van der Waals surface area contributed by atoms with Crippen LogP contribution in [-0.4, -0.2) is 15.7 Å². The van der Waals surface area contributed by atoms with E-state index in [1.807, 2.05) is 75.5 Å². The average molecular weight is 359 g/mol. The highest BCUT2D eigenvalue weighted by molar-refractivity contribution is 5.99. The highest BCUT2D eigenvalue weighted by atomic mass is 16.3. The highest BCUT2D eigenvalue weighted by Gasteiger charge is 2.24. The number of para-hydroxylation sites is 1. The SMILES string of the molecule is Cc1c(C(=O)N[C@@H](c2ccccc2)c2ccnn2C)oc2c(C)cccc12. The zero-order chi connectivity index (χ0) is 19.0. The van der Waals surface area contributed by atoms with Crippen LogP contribution in [0.4, 0.5) is 0 Å². The van der Waals surface area contributed by atoms with Gasteiger partial charge in [-0.3, -0.25) is 9.48 Å². The largest absolute Gasteiger partial charge is 0.450 e. The number of benzene rings is 2. The number of hydrogen-bond donors (Lipinski definition) is 1. The molecule has 0 saturated carbocycles. The van der Waals surface area contributed by atoms with Crippen LogP contribution >= 0.6 is 0 Å². The number of aryl methyl sites for hydroxylation is 3. The van der Waals surface area contributed by atoms with Gasteiger partial charge in [0, 0.05) is 24.2 Å². The third kappa shape index (κ3) is 3.01. The zero-order valence-corrected chi connectivity index (χ0v) is 15.6. The van der Waals surface area contributed by atoms with Gasteiger partial charge < -0.3 is 9.73 Å². The molecule has 27 heavy (non-hydrogen) atoms. The van der Waals surface area contributed by atoms with Crippen molar-refractivity contribution in [3.05, 3.63) is 88.9 Å². The quantitative estimate of drug-likeness (QED) is 0.591. The van der Waals surface area contributed by atoms with Gasteiger partial charge >= 0.3 is 0 Å². The van der Waals surface area contributed by atoms with E-state index in [0.29, 0.717) is 5.76 Å². The summed E-state index contributed by atoms with van der Waals surface area (Å²) in [6, 6.07) is 17.4. The molecule has 1 N–H and O–H groups in total. The molecular weight excluding hydrogens is 338 g/mol. The summed E-state index contributed by atoms with van der Waals surface area (Å²) in [6.45, 7) is 3.90. The number of furan rings is 1. The molecular formula is C22H21N3O2. The molecule has 4 aromatic rings. The van der Waals surface area contributed by atoms with Gasteiger partial charge in [-0.1, -0.05) is 48.5 Å². The van der Waals surface area contributed by atoms with Gasteiger partial charge in [0.15, 0.2) is 5.76 Å². The van der Waals surface area contributed by atoms with Crippen molar-refractivity contribution in [2.24, 2.45) is 7.05 Å². The van der Waals surface area contributed by atoms with E-state index in [1.54, 1.807) is 10.9 Å². The minimum atomic E-state index is -0.320. The lowest BCUT2D eigenvalue weighted by molar-refractivity contribution is 0.0915. The van der Waals surface area contributed by atoms with E-state index in [0.717, 1.165) is 33.4 Å². The molecule has 2 aromatic heterocycles. The van der Waals surface area contributed by atoms with E-state index in [9.17, 15) is 4.79 Å². The minimum absolute atomic E-state index is 0.238. The minimum Gasteiger partial charge on any atom is -0.450 e. The molecule has 2 heterocycles. The van der Waals surface area contributed by atoms with Gasteiger partial charge in [-0.2, -0.15) is 5.10 Å². The van der Waals surface area contributed by atoms with Crippen LogP contribution in [0.25, 0.3) is 11.0 Å². The Labute approximate surface area is 157 Å². The second-order valence-electron chi connectivity index (χ2n) is 6.70. The predicted octanol–water partition coefficient (Wildman–Crippen LogP) is 4.30. The molecule has 0 saturated heterocycles. The summed E-state index contributed by atoms with van der Waals surface area (Å²) in [7, 11) is 1.87. The van der Waals surface area contributed by atoms with Gasteiger partial charge in [-0.05, 0) is 31.0 Å². The number of carbonyl (C=O) groups excluding carboxylic acids is 1. The standard InChI is InChI=1S/C22H21N3O2/c1-14-8-7-11-17-15(2)21(27-20(14)17)22(26)24-19(16-9-5-4-6-10-16)18-12-13-23-25(18)3/h4-13,19H,1-3H3,(H,24,26)/t19-/m0/s1. The molecule has 0 bridgehead atoms. The van der Waals surface area contributed by atoms with E-state index < -0.39 is 0 Å². The summed E-state index contributed by atoms with van der Waals surface area (Å²) >= 11 is 0. The fourth-order valence-corrected chi connectivity index (χ4v) is 3.44. The first-order valence-electron chi connectivity index (χ1n) is 8.88. The van der Waals surface area contributed by atoms with Crippen LogP contribution in [0, 0.1) is 13.8 Å². The maximum absolute atomic E-state index is 13.1. The molecule has 0 fully saturated rings. The van der Waals surface area contributed by atoms with Gasteiger partial charge in [0.1, 0.15) is 5.58 Å². The number of fused-ring (bicyclic) bond motifs is 1. The molecule has 5 nitrogen and oxygen atoms in total. The van der Waals surface area contributed by atoms with Gasteiger partial charge in [0.05, 0.1) is 11.7 Å². The molecule has 0 spiro atoms. The van der Waals surface area contributed by atoms with E-state index >= 15 is 0 Å². The second-order valence-corrected chi connectivity index (χ2v) is 6.70. The Kier molecular flexibility index (Phi) is 4.28. The van der Waals surface area contributed by atoms with E-state index in [-0.39, 0.29) is 11.9 Å². The predicted molar refractivity (Wildman–Crippen MR) is 105 cm³/mol. The van der Waals surface area contributed by atoms with Gasteiger partial charge in [-0.25, -0.2) is 0 Å². The van der Waals surface area contributed by atoms with E-state index in [2.05, 4.69) is 10.4 Å². The van der Waals surface area contributed by atoms with Crippen LogP contribution in [0.15, 0.2) is 65.2 Å². The normalized spacial score (nSPS) is 12.3. The summed E-state index contributed by atoms with van der Waals surface area (Å²) < 4.78 is 7.71. The lowest BCUT2D eigenvalue weighted by atomic mass is 10.0. The maximum atomic E-state index is 13.1. The first kappa shape index (κ1) is 17.1. The molecule has 5 heteroatoms. The topological polar surface area (TPSA) is 60.1 Å². The van der Waals surface area contributed by atoms with Crippen molar-refractivity contribution in [2.75, 3.05) is 0 Å². The van der Waals surface area contributed by atoms with E-state index in [4.69, 9.17) is 4.42 Å². The van der Waals surface area contributed by atoms with Crippen LogP contribution in [0.1, 0.15) is 39.0 Å². The van der Waals surface area contributed by atoms with Crippen molar-refractivity contribution < 1.29 is 9.21 Å². The molecule has 0 aliphatic rings. The molecule has 0 unspecified atom stereocenters. The number of amides is 1. The molecule has 0 aliphatic carbocycles. The fraction of sp³-hybridized carbons (Fsp3) is 0.182. The Balaban J connectivity index is 1.74. The zero-order valence-electron chi connectivity index (χ0n) is 15.6. The third-order valence-corrected chi connectivity index (χ3v) is 4.93. The lowest BCUT2D eigenvalue weighted by Gasteiger charge is -2.19. The fourth-order valence-electron chi connectivity index (χ4n) is 3.44. The number of rotatable bonds is 4. The van der Waals surface area contributed by atoms with Crippen LogP contribution in [0.2, 0.25) is 0 Å². The summed E-state index contributed by atoms with van der Waals surface area (Å²) in [4.78, 5) is 13.1. The van der Waals surface area contributed by atoms with Crippen molar-refractivity contribution in [1.82, 2.24) is 15.1 Å². The Bertz CT molecular complexity index is 1110. The van der Waals surface area contributed by atoms with Crippen LogP contribution < -0.4 is 5.32 Å². The van der Waals surface area contributed by atoms with Gasteiger partial charge in [0.2, 0.25) is 0 Å². The number of aromatic nitrogens is 2. The lowest BCUT2D eigenvalue weighted by Crippen LogP contribution is -2.30. The third-order valence-electron chi connectivity index (χ3n) is 4.93. The van der Waals surface area contributed by atoms with Crippen molar-refractivity contribution in [3.8, 4) is 0 Å². The average Bonchev–Trinajstić information content (AvgIpc) is 3.25. The van der Waals surface area contributed by atoms with Crippen molar-refractivity contribution >= 4 is 16.9 Å². The molecule has 2 aromatic carbocycles. The molecule has 0 aliphatic heterocycles. The van der Waals surface area contributed by atoms with Gasteiger partial charge in [0.25, 0.3) is 5.91 Å². The smallest absolute Gasteiger partial charge is 0.288 e.